The Labute approximate surface area is 116 Å². The molecular formula is C15H13N3O2. The molecule has 20 heavy (non-hydrogen) atoms. The number of fused-ring (bicyclic) bond motifs is 2. The van der Waals surface area contributed by atoms with Crippen molar-refractivity contribution in [2.24, 2.45) is 0 Å². The lowest BCUT2D eigenvalue weighted by Crippen LogP contribution is -2.27. The summed E-state index contributed by atoms with van der Waals surface area (Å²) in [6.45, 7) is 1.81. The van der Waals surface area contributed by atoms with Crippen LogP contribution < -0.4 is 4.90 Å². The second kappa shape index (κ2) is 4.23. The summed E-state index contributed by atoms with van der Waals surface area (Å²) in [5, 5.41) is 0. The van der Waals surface area contributed by atoms with Crippen LogP contribution in [0.25, 0.3) is 0 Å². The molecule has 0 radical (unpaired) electrons. The Hall–Kier alpha value is -2.56. The number of ketones is 2. The van der Waals surface area contributed by atoms with Crippen LogP contribution in [0.4, 0.5) is 5.69 Å². The molecule has 0 N–H and O–H groups in total. The molecule has 2 heterocycles. The van der Waals surface area contributed by atoms with Crippen LogP contribution in [0.2, 0.25) is 0 Å². The van der Waals surface area contributed by atoms with E-state index in [-0.39, 0.29) is 23.0 Å². The first-order valence-corrected chi connectivity index (χ1v) is 6.23. The first-order chi connectivity index (χ1) is 9.52. The van der Waals surface area contributed by atoms with Gasteiger partial charge in [-0.25, -0.2) is 0 Å². The van der Waals surface area contributed by atoms with Crippen LogP contribution in [0.3, 0.4) is 0 Å². The molecule has 5 heteroatoms. The van der Waals surface area contributed by atoms with Crippen LogP contribution in [0.5, 0.6) is 0 Å². The summed E-state index contributed by atoms with van der Waals surface area (Å²) in [6.07, 6.45) is 3.08. The number of carbonyl (C=O) groups excluding carboxylic acids is 2. The van der Waals surface area contributed by atoms with Gasteiger partial charge in [0.25, 0.3) is 0 Å². The largest absolute Gasteiger partial charge is 0.377 e. The molecule has 0 aromatic carbocycles. The maximum absolute atomic E-state index is 12.7. The topological polar surface area (TPSA) is 63.2 Å². The Morgan fingerprint density at radius 1 is 0.900 bits per heavy atom. The summed E-state index contributed by atoms with van der Waals surface area (Å²) in [6, 6.07) is 3.47. The molecule has 0 bridgehead atoms. The third-order valence-corrected chi connectivity index (χ3v) is 3.45. The van der Waals surface area contributed by atoms with Gasteiger partial charge in [0, 0.05) is 26.5 Å². The Balaban J connectivity index is 2.36. The molecule has 0 fully saturated rings. The molecule has 0 atom stereocenters. The van der Waals surface area contributed by atoms with E-state index in [4.69, 9.17) is 0 Å². The fourth-order valence-electron chi connectivity index (χ4n) is 2.47. The molecule has 0 aliphatic heterocycles. The van der Waals surface area contributed by atoms with Crippen molar-refractivity contribution in [1.82, 2.24) is 9.97 Å². The van der Waals surface area contributed by atoms with Gasteiger partial charge in [-0.1, -0.05) is 0 Å². The average molecular weight is 267 g/mol. The Kier molecular flexibility index (Phi) is 2.64. The molecule has 5 nitrogen and oxygen atoms in total. The van der Waals surface area contributed by atoms with Crippen LogP contribution in [0, 0.1) is 6.92 Å². The molecule has 1 aliphatic carbocycles. The smallest absolute Gasteiger partial charge is 0.231 e. The van der Waals surface area contributed by atoms with Crippen molar-refractivity contribution < 1.29 is 9.59 Å². The number of pyridine rings is 2. The van der Waals surface area contributed by atoms with Crippen molar-refractivity contribution in [2.45, 2.75) is 6.92 Å². The van der Waals surface area contributed by atoms with Crippen molar-refractivity contribution in [3.63, 3.8) is 0 Å². The van der Waals surface area contributed by atoms with Crippen molar-refractivity contribution in [2.75, 3.05) is 19.0 Å². The van der Waals surface area contributed by atoms with Crippen LogP contribution in [0.1, 0.15) is 37.7 Å². The number of nitrogens with zero attached hydrogens (tertiary/aromatic N) is 3. The molecule has 2 aromatic heterocycles. The highest BCUT2D eigenvalue weighted by atomic mass is 16.1. The quantitative estimate of drug-likeness (QED) is 0.670. The van der Waals surface area contributed by atoms with Gasteiger partial charge < -0.3 is 4.90 Å². The third kappa shape index (κ3) is 1.56. The van der Waals surface area contributed by atoms with Gasteiger partial charge in [-0.05, 0) is 24.6 Å². The number of hydrogen-bond donors (Lipinski definition) is 0. The van der Waals surface area contributed by atoms with E-state index in [1.54, 1.807) is 24.5 Å². The van der Waals surface area contributed by atoms with Gasteiger partial charge >= 0.3 is 0 Å². The fourth-order valence-corrected chi connectivity index (χ4v) is 2.47. The van der Waals surface area contributed by atoms with Gasteiger partial charge in [0.05, 0.1) is 16.8 Å². The lowest BCUT2D eigenvalue weighted by atomic mass is 9.87. The minimum absolute atomic E-state index is 0.183. The third-order valence-electron chi connectivity index (χ3n) is 3.45. The molecule has 1 aliphatic rings. The molecule has 0 spiro atoms. The van der Waals surface area contributed by atoms with E-state index in [1.807, 2.05) is 25.9 Å². The van der Waals surface area contributed by atoms with Gasteiger partial charge in [-0.15, -0.1) is 0 Å². The maximum atomic E-state index is 12.7. The Morgan fingerprint density at radius 3 is 2.15 bits per heavy atom. The predicted octanol–water partition coefficient (Wildman–Crippen LogP) is 1.63. The summed E-state index contributed by atoms with van der Waals surface area (Å²) < 4.78 is 0. The Morgan fingerprint density at radius 2 is 1.50 bits per heavy atom. The normalized spacial score (nSPS) is 12.9. The van der Waals surface area contributed by atoms with Crippen LogP contribution in [-0.2, 0) is 0 Å². The highest BCUT2D eigenvalue weighted by Crippen LogP contribution is 2.32. The number of aryl methyl sites for hydroxylation is 1. The van der Waals surface area contributed by atoms with Crippen LogP contribution in [-0.4, -0.2) is 35.6 Å². The summed E-state index contributed by atoms with van der Waals surface area (Å²) >= 11 is 0. The lowest BCUT2D eigenvalue weighted by molar-refractivity contribution is 0.0971. The summed E-state index contributed by atoms with van der Waals surface area (Å²) in [5.41, 5.74) is 2.60. The van der Waals surface area contributed by atoms with E-state index < -0.39 is 0 Å². The van der Waals surface area contributed by atoms with Gasteiger partial charge in [-0.2, -0.15) is 0 Å². The van der Waals surface area contributed by atoms with Gasteiger partial charge in [0.1, 0.15) is 11.4 Å². The zero-order chi connectivity index (χ0) is 14.4. The van der Waals surface area contributed by atoms with Crippen LogP contribution in [0.15, 0.2) is 24.5 Å². The first kappa shape index (κ1) is 12.5. The van der Waals surface area contributed by atoms with Crippen molar-refractivity contribution in [3.05, 3.63) is 52.6 Å². The number of anilines is 1. The molecule has 2 aromatic rings. The van der Waals surface area contributed by atoms with Gasteiger partial charge in [-0.3, -0.25) is 19.6 Å². The minimum Gasteiger partial charge on any atom is -0.377 e. The van der Waals surface area contributed by atoms with Gasteiger partial charge in [0.2, 0.25) is 5.78 Å². The number of hydrogen-bond acceptors (Lipinski definition) is 5. The van der Waals surface area contributed by atoms with E-state index >= 15 is 0 Å². The van der Waals surface area contributed by atoms with E-state index in [9.17, 15) is 9.59 Å². The van der Waals surface area contributed by atoms with Crippen molar-refractivity contribution in [1.29, 1.82) is 0 Å². The minimum atomic E-state index is -0.290. The lowest BCUT2D eigenvalue weighted by Gasteiger charge is -2.22. The zero-order valence-electron chi connectivity index (χ0n) is 11.5. The number of rotatable bonds is 1. The Bertz CT molecular complexity index is 751. The molecular weight excluding hydrogens is 254 g/mol. The second-order valence-corrected chi connectivity index (χ2v) is 4.96. The van der Waals surface area contributed by atoms with Crippen molar-refractivity contribution >= 4 is 17.3 Å². The summed E-state index contributed by atoms with van der Waals surface area (Å²) in [5.74, 6) is -0.473. The predicted molar refractivity (Wildman–Crippen MR) is 74.4 cm³/mol. The molecule has 0 amide bonds. The first-order valence-electron chi connectivity index (χ1n) is 6.23. The maximum Gasteiger partial charge on any atom is 0.231 e. The molecule has 3 rings (SSSR count). The summed E-state index contributed by atoms with van der Waals surface area (Å²) in [7, 11) is 3.66. The van der Waals surface area contributed by atoms with Gasteiger partial charge in [0.15, 0.2) is 5.78 Å². The highest BCUT2D eigenvalue weighted by Gasteiger charge is 2.35. The van der Waals surface area contributed by atoms with E-state index in [0.717, 1.165) is 5.56 Å². The zero-order valence-corrected chi connectivity index (χ0v) is 11.5. The van der Waals surface area contributed by atoms with E-state index in [2.05, 4.69) is 9.97 Å². The fraction of sp³-hybridized carbons (Fsp3) is 0.200. The monoisotopic (exact) mass is 267 g/mol. The number of carbonyl (C=O) groups is 2. The van der Waals surface area contributed by atoms with E-state index in [0.29, 0.717) is 16.8 Å². The van der Waals surface area contributed by atoms with Crippen molar-refractivity contribution in [3.8, 4) is 0 Å². The standard InChI is InChI=1S/C15H13N3O2/c1-8-4-6-16-12-10(8)14(19)11-9(18(2)3)5-7-17-13(11)15(12)20/h4-7H,1-3H3. The van der Waals surface area contributed by atoms with E-state index in [1.165, 1.54) is 0 Å². The highest BCUT2D eigenvalue weighted by molar-refractivity contribution is 6.29. The number of aromatic nitrogens is 2. The summed E-state index contributed by atoms with van der Waals surface area (Å²) in [4.78, 5) is 35.2. The SMILES string of the molecule is Cc1ccnc2c1C(=O)c1c(N(C)C)ccnc1C2=O. The average Bonchev–Trinajstić information content (AvgIpc) is 2.43. The molecule has 0 saturated heterocycles. The molecule has 100 valence electrons. The second-order valence-electron chi connectivity index (χ2n) is 4.96. The molecule has 0 unspecified atom stereocenters. The molecule has 0 saturated carbocycles. The van der Waals surface area contributed by atoms with Crippen LogP contribution >= 0.6 is 0 Å².